The summed E-state index contributed by atoms with van der Waals surface area (Å²) in [5, 5.41) is 10.5. The monoisotopic (exact) mass is 438 g/mol. The highest BCUT2D eigenvalue weighted by molar-refractivity contribution is 7.89. The Hall–Kier alpha value is -2.07. The van der Waals surface area contributed by atoms with E-state index < -0.39 is 15.8 Å². The van der Waals surface area contributed by atoms with Gasteiger partial charge in [0.25, 0.3) is 0 Å². The molecule has 0 amide bonds. The van der Waals surface area contributed by atoms with Crippen LogP contribution in [0.3, 0.4) is 0 Å². The fourth-order valence-electron chi connectivity index (χ4n) is 2.98. The first-order valence-electron chi connectivity index (χ1n) is 8.54. The molecule has 0 bridgehead atoms. The summed E-state index contributed by atoms with van der Waals surface area (Å²) in [4.78, 5) is 1.97. The van der Waals surface area contributed by atoms with Gasteiger partial charge in [0.05, 0.1) is 9.92 Å². The van der Waals surface area contributed by atoms with Gasteiger partial charge in [0, 0.05) is 31.7 Å². The lowest BCUT2D eigenvalue weighted by Gasteiger charge is -2.33. The van der Waals surface area contributed by atoms with Crippen LogP contribution in [0.5, 0.6) is 0 Å². The van der Waals surface area contributed by atoms with E-state index in [0.717, 1.165) is 21.8 Å². The third kappa shape index (κ3) is 3.75. The molecule has 6 nitrogen and oxygen atoms in total. The van der Waals surface area contributed by atoms with E-state index in [1.165, 1.54) is 33.8 Å². The zero-order valence-electron chi connectivity index (χ0n) is 14.6. The third-order valence-electron chi connectivity index (χ3n) is 4.46. The van der Waals surface area contributed by atoms with Crippen LogP contribution in [-0.4, -0.2) is 49.1 Å². The predicted octanol–water partition coefficient (Wildman–Crippen LogP) is 3.51. The molecule has 1 aliphatic heterocycles. The molecule has 0 radical (unpaired) electrons. The van der Waals surface area contributed by atoms with Gasteiger partial charge in [0.15, 0.2) is 5.01 Å². The zero-order valence-corrected chi connectivity index (χ0v) is 17.0. The van der Waals surface area contributed by atoms with Crippen LogP contribution in [0.4, 0.5) is 9.52 Å². The number of piperazine rings is 1. The summed E-state index contributed by atoms with van der Waals surface area (Å²) in [5.41, 5.74) is 0.820. The normalized spacial score (nSPS) is 15.7. The summed E-state index contributed by atoms with van der Waals surface area (Å²) in [6, 6.07) is 12.5. The van der Waals surface area contributed by atoms with Gasteiger partial charge in [-0.2, -0.15) is 4.31 Å². The number of rotatable bonds is 4. The molecule has 4 rings (SSSR count). The van der Waals surface area contributed by atoms with Crippen molar-refractivity contribution in [3.63, 3.8) is 0 Å². The predicted molar refractivity (Wildman–Crippen MR) is 108 cm³/mol. The van der Waals surface area contributed by atoms with Gasteiger partial charge in [-0.05, 0) is 24.3 Å². The van der Waals surface area contributed by atoms with Crippen LogP contribution in [0.25, 0.3) is 10.6 Å². The quantitative estimate of drug-likeness (QED) is 0.623. The maximum Gasteiger partial charge on any atom is 0.243 e. The topological polar surface area (TPSA) is 66.4 Å². The van der Waals surface area contributed by atoms with Crippen molar-refractivity contribution in [1.82, 2.24) is 14.5 Å². The first kappa shape index (κ1) is 19.3. The second-order valence-electron chi connectivity index (χ2n) is 6.22. The van der Waals surface area contributed by atoms with Crippen molar-refractivity contribution in [2.75, 3.05) is 31.1 Å². The van der Waals surface area contributed by atoms with E-state index in [2.05, 4.69) is 10.2 Å². The molecule has 10 heteroatoms. The summed E-state index contributed by atoms with van der Waals surface area (Å²) in [5.74, 6) is -0.569. The highest BCUT2D eigenvalue weighted by atomic mass is 35.5. The van der Waals surface area contributed by atoms with Gasteiger partial charge >= 0.3 is 0 Å². The van der Waals surface area contributed by atoms with Gasteiger partial charge in [0.1, 0.15) is 5.82 Å². The number of halogens is 2. The van der Waals surface area contributed by atoms with Crippen molar-refractivity contribution < 1.29 is 12.8 Å². The molecule has 1 saturated heterocycles. The second kappa shape index (κ2) is 7.75. The van der Waals surface area contributed by atoms with Crippen molar-refractivity contribution in [2.24, 2.45) is 0 Å². The number of benzene rings is 2. The number of anilines is 1. The molecule has 1 aliphatic rings. The largest absolute Gasteiger partial charge is 0.344 e. The molecular weight excluding hydrogens is 423 g/mol. The molecule has 0 spiro atoms. The van der Waals surface area contributed by atoms with Crippen molar-refractivity contribution in [3.05, 3.63) is 59.4 Å². The Kier molecular flexibility index (Phi) is 5.33. The lowest BCUT2D eigenvalue weighted by atomic mass is 10.2. The Bertz CT molecular complexity index is 1100. The van der Waals surface area contributed by atoms with E-state index >= 15 is 0 Å². The standard InChI is InChI=1S/C18H16ClFN4O2S2/c19-16-7-2-1-6-15(16)17-21-22-18(27-17)23-8-10-24(11-9-23)28(25,26)14-5-3-4-13(20)12-14/h1-7,12H,8-11H2. The first-order chi connectivity index (χ1) is 13.4. The molecule has 3 aromatic rings. The fourth-order valence-corrected chi connectivity index (χ4v) is 5.65. The van der Waals surface area contributed by atoms with E-state index in [1.807, 2.05) is 23.1 Å². The maximum atomic E-state index is 13.4. The van der Waals surface area contributed by atoms with Gasteiger partial charge in [-0.3, -0.25) is 0 Å². The SMILES string of the molecule is O=S(=O)(c1cccc(F)c1)N1CCN(c2nnc(-c3ccccc3Cl)s2)CC1. The Morgan fingerprint density at radius 1 is 1.00 bits per heavy atom. The van der Waals surface area contributed by atoms with Crippen LogP contribution >= 0.6 is 22.9 Å². The minimum absolute atomic E-state index is 0.0297. The third-order valence-corrected chi connectivity index (χ3v) is 7.70. The van der Waals surface area contributed by atoms with Gasteiger partial charge in [0.2, 0.25) is 15.2 Å². The molecule has 28 heavy (non-hydrogen) atoms. The number of nitrogens with zero attached hydrogens (tertiary/aromatic N) is 4. The van der Waals surface area contributed by atoms with Crippen molar-refractivity contribution in [1.29, 1.82) is 0 Å². The molecule has 0 unspecified atom stereocenters. The Morgan fingerprint density at radius 2 is 1.75 bits per heavy atom. The zero-order chi connectivity index (χ0) is 19.7. The number of sulfonamides is 1. The van der Waals surface area contributed by atoms with Gasteiger partial charge in [-0.25, -0.2) is 12.8 Å². The smallest absolute Gasteiger partial charge is 0.243 e. The summed E-state index contributed by atoms with van der Waals surface area (Å²) < 4.78 is 40.2. The molecule has 146 valence electrons. The van der Waals surface area contributed by atoms with E-state index in [0.29, 0.717) is 31.2 Å². The summed E-state index contributed by atoms with van der Waals surface area (Å²) >= 11 is 7.63. The van der Waals surface area contributed by atoms with E-state index in [9.17, 15) is 12.8 Å². The summed E-state index contributed by atoms with van der Waals surface area (Å²) in [7, 11) is -3.72. The molecule has 1 aromatic heterocycles. The molecular formula is C18H16ClFN4O2S2. The van der Waals surface area contributed by atoms with Crippen LogP contribution in [0.1, 0.15) is 0 Å². The Labute approximate surface area is 171 Å². The second-order valence-corrected chi connectivity index (χ2v) is 9.52. The van der Waals surface area contributed by atoms with Crippen molar-refractivity contribution in [2.45, 2.75) is 4.90 Å². The number of hydrogen-bond donors (Lipinski definition) is 0. The Balaban J connectivity index is 1.47. The van der Waals surface area contributed by atoms with Crippen molar-refractivity contribution >= 4 is 38.1 Å². The first-order valence-corrected chi connectivity index (χ1v) is 11.2. The highest BCUT2D eigenvalue weighted by Crippen LogP contribution is 2.33. The minimum Gasteiger partial charge on any atom is -0.344 e. The van der Waals surface area contributed by atoms with Gasteiger partial charge in [-0.15, -0.1) is 10.2 Å². The average Bonchev–Trinajstić information content (AvgIpc) is 3.18. The van der Waals surface area contributed by atoms with Gasteiger partial charge < -0.3 is 4.90 Å². The summed E-state index contributed by atoms with van der Waals surface area (Å²) in [6.45, 7) is 1.54. The Morgan fingerprint density at radius 3 is 2.46 bits per heavy atom. The molecule has 2 heterocycles. The molecule has 1 fully saturated rings. The molecule has 0 saturated carbocycles. The minimum atomic E-state index is -3.72. The summed E-state index contributed by atoms with van der Waals surface area (Å²) in [6.07, 6.45) is 0. The van der Waals surface area contributed by atoms with E-state index in [-0.39, 0.29) is 4.90 Å². The van der Waals surface area contributed by atoms with E-state index in [1.54, 1.807) is 6.07 Å². The molecule has 0 N–H and O–H groups in total. The lowest BCUT2D eigenvalue weighted by Crippen LogP contribution is -2.48. The fraction of sp³-hybridized carbons (Fsp3) is 0.222. The average molecular weight is 439 g/mol. The van der Waals surface area contributed by atoms with Crippen molar-refractivity contribution in [3.8, 4) is 10.6 Å². The van der Waals surface area contributed by atoms with Gasteiger partial charge in [-0.1, -0.05) is 47.2 Å². The van der Waals surface area contributed by atoms with Crippen LogP contribution in [0.2, 0.25) is 5.02 Å². The molecule has 0 aliphatic carbocycles. The van der Waals surface area contributed by atoms with Crippen LogP contribution in [0.15, 0.2) is 53.4 Å². The van der Waals surface area contributed by atoms with E-state index in [4.69, 9.17) is 11.6 Å². The number of aromatic nitrogens is 2. The number of hydrogen-bond acceptors (Lipinski definition) is 6. The molecule has 2 aromatic carbocycles. The van der Waals surface area contributed by atoms with Crippen LogP contribution in [-0.2, 0) is 10.0 Å². The molecule has 0 atom stereocenters. The highest BCUT2D eigenvalue weighted by Gasteiger charge is 2.30. The maximum absolute atomic E-state index is 13.4. The lowest BCUT2D eigenvalue weighted by molar-refractivity contribution is 0.384. The van der Waals surface area contributed by atoms with Crippen LogP contribution in [0, 0.1) is 5.82 Å². The van der Waals surface area contributed by atoms with Crippen LogP contribution < -0.4 is 4.90 Å².